The summed E-state index contributed by atoms with van der Waals surface area (Å²) in [6, 6.07) is 10.7. The molecule has 0 spiro atoms. The van der Waals surface area contributed by atoms with Crippen LogP contribution in [0.25, 0.3) is 0 Å². The molecule has 0 aliphatic rings. The molecule has 7 heteroatoms. The number of anilines is 1. The molecule has 0 aromatic heterocycles. The van der Waals surface area contributed by atoms with Gasteiger partial charge in [-0.25, -0.2) is 12.8 Å². The van der Waals surface area contributed by atoms with E-state index in [0.29, 0.717) is 5.69 Å². The summed E-state index contributed by atoms with van der Waals surface area (Å²) in [5, 5.41) is 2.60. The molecular formula is C18H21FN2O3S. The predicted octanol–water partition coefficient (Wildman–Crippen LogP) is 3.08. The Hall–Kier alpha value is -2.25. The number of carbonyl (C=O) groups excluding carboxylic acids is 1. The highest BCUT2D eigenvalue weighted by Crippen LogP contribution is 2.15. The van der Waals surface area contributed by atoms with Crippen molar-refractivity contribution in [2.24, 2.45) is 5.92 Å². The van der Waals surface area contributed by atoms with Gasteiger partial charge in [0.15, 0.2) is 0 Å². The number of hydrogen-bond donors (Lipinski definition) is 2. The van der Waals surface area contributed by atoms with Gasteiger partial charge in [-0.1, -0.05) is 31.5 Å². The molecular weight excluding hydrogens is 343 g/mol. The normalized spacial score (nSPS) is 12.8. The van der Waals surface area contributed by atoms with E-state index in [9.17, 15) is 17.6 Å². The van der Waals surface area contributed by atoms with Gasteiger partial charge in [-0.3, -0.25) is 4.79 Å². The van der Waals surface area contributed by atoms with Crippen molar-refractivity contribution < 1.29 is 17.6 Å². The maximum absolute atomic E-state index is 12.9. The first kappa shape index (κ1) is 19.1. The Labute approximate surface area is 147 Å². The summed E-state index contributed by atoms with van der Waals surface area (Å²) in [4.78, 5) is 12.6. The lowest BCUT2D eigenvalue weighted by Crippen LogP contribution is -2.47. The minimum atomic E-state index is -3.84. The number of rotatable bonds is 6. The minimum absolute atomic E-state index is 0.0957. The highest BCUT2D eigenvalue weighted by Gasteiger charge is 2.28. The van der Waals surface area contributed by atoms with Crippen LogP contribution in [0.5, 0.6) is 0 Å². The van der Waals surface area contributed by atoms with Crippen molar-refractivity contribution in [3.63, 3.8) is 0 Å². The van der Waals surface area contributed by atoms with Crippen LogP contribution in [0.2, 0.25) is 0 Å². The van der Waals surface area contributed by atoms with Gasteiger partial charge in [0.2, 0.25) is 15.9 Å². The molecule has 0 bridgehead atoms. The smallest absolute Gasteiger partial charge is 0.242 e. The second-order valence-electron chi connectivity index (χ2n) is 6.15. The molecule has 134 valence electrons. The number of hydrogen-bond acceptors (Lipinski definition) is 3. The van der Waals surface area contributed by atoms with Gasteiger partial charge in [0, 0.05) is 5.69 Å². The molecule has 2 aromatic rings. The van der Waals surface area contributed by atoms with Gasteiger partial charge < -0.3 is 5.32 Å². The van der Waals surface area contributed by atoms with Crippen molar-refractivity contribution in [3.8, 4) is 0 Å². The summed E-state index contributed by atoms with van der Waals surface area (Å²) in [5.41, 5.74) is 1.33. The summed E-state index contributed by atoms with van der Waals surface area (Å²) < 4.78 is 40.4. The first-order chi connectivity index (χ1) is 11.7. The third-order valence-electron chi connectivity index (χ3n) is 3.67. The Morgan fingerprint density at radius 2 is 1.56 bits per heavy atom. The molecule has 1 amide bonds. The Morgan fingerprint density at radius 3 is 2.08 bits per heavy atom. The summed E-state index contributed by atoms with van der Waals surface area (Å²) in [7, 11) is -3.84. The zero-order valence-corrected chi connectivity index (χ0v) is 15.1. The van der Waals surface area contributed by atoms with E-state index in [1.807, 2.05) is 6.92 Å². The van der Waals surface area contributed by atoms with E-state index in [1.54, 1.807) is 26.0 Å². The van der Waals surface area contributed by atoms with Gasteiger partial charge in [-0.15, -0.1) is 0 Å². The Kier molecular flexibility index (Phi) is 5.92. The topological polar surface area (TPSA) is 75.3 Å². The van der Waals surface area contributed by atoms with Crippen LogP contribution in [0.15, 0.2) is 53.4 Å². The predicted molar refractivity (Wildman–Crippen MR) is 95.2 cm³/mol. The van der Waals surface area contributed by atoms with Crippen LogP contribution in [-0.4, -0.2) is 20.4 Å². The van der Waals surface area contributed by atoms with Crippen LogP contribution in [0.4, 0.5) is 10.1 Å². The quantitative estimate of drug-likeness (QED) is 0.827. The zero-order valence-electron chi connectivity index (χ0n) is 14.3. The van der Waals surface area contributed by atoms with Gasteiger partial charge in [-0.2, -0.15) is 4.72 Å². The molecule has 0 aliphatic carbocycles. The molecule has 25 heavy (non-hydrogen) atoms. The van der Waals surface area contributed by atoms with Crippen LogP contribution >= 0.6 is 0 Å². The number of nitrogens with one attached hydrogen (secondary N) is 2. The molecule has 0 saturated heterocycles. The van der Waals surface area contributed by atoms with E-state index < -0.39 is 27.8 Å². The molecule has 0 saturated carbocycles. The average Bonchev–Trinajstić information content (AvgIpc) is 2.55. The Balaban J connectivity index is 2.18. The van der Waals surface area contributed by atoms with Gasteiger partial charge >= 0.3 is 0 Å². The van der Waals surface area contributed by atoms with Crippen molar-refractivity contribution in [1.82, 2.24) is 4.72 Å². The molecule has 2 N–H and O–H groups in total. The monoisotopic (exact) mass is 364 g/mol. The fourth-order valence-electron chi connectivity index (χ4n) is 2.20. The van der Waals surface area contributed by atoms with E-state index in [1.165, 1.54) is 36.4 Å². The number of sulfonamides is 1. The highest BCUT2D eigenvalue weighted by molar-refractivity contribution is 7.89. The average molecular weight is 364 g/mol. The molecule has 0 heterocycles. The van der Waals surface area contributed by atoms with Crippen molar-refractivity contribution >= 4 is 21.6 Å². The fourth-order valence-corrected chi connectivity index (χ4v) is 3.54. The van der Waals surface area contributed by atoms with Crippen molar-refractivity contribution in [2.45, 2.75) is 31.7 Å². The van der Waals surface area contributed by atoms with Crippen molar-refractivity contribution in [2.75, 3.05) is 5.32 Å². The molecule has 2 rings (SSSR count). The Morgan fingerprint density at radius 1 is 1.00 bits per heavy atom. The minimum Gasteiger partial charge on any atom is -0.325 e. The van der Waals surface area contributed by atoms with E-state index in [4.69, 9.17) is 0 Å². The summed E-state index contributed by atoms with van der Waals surface area (Å²) >= 11 is 0. The second kappa shape index (κ2) is 7.76. The fraction of sp³-hybridized carbons (Fsp3) is 0.278. The molecule has 5 nitrogen and oxygen atoms in total. The number of benzene rings is 2. The molecule has 1 atom stereocenters. The van der Waals surface area contributed by atoms with Crippen LogP contribution in [0, 0.1) is 18.7 Å². The largest absolute Gasteiger partial charge is 0.325 e. The maximum Gasteiger partial charge on any atom is 0.242 e. The van der Waals surface area contributed by atoms with Crippen LogP contribution in [0.1, 0.15) is 19.4 Å². The lowest BCUT2D eigenvalue weighted by Gasteiger charge is -2.21. The van der Waals surface area contributed by atoms with Gasteiger partial charge in [0.1, 0.15) is 11.9 Å². The van der Waals surface area contributed by atoms with E-state index >= 15 is 0 Å². The number of carbonyl (C=O) groups is 1. The van der Waals surface area contributed by atoms with Gasteiger partial charge in [-0.05, 0) is 49.2 Å². The second-order valence-corrected chi connectivity index (χ2v) is 7.87. The zero-order chi connectivity index (χ0) is 18.6. The first-order valence-electron chi connectivity index (χ1n) is 7.84. The lowest BCUT2D eigenvalue weighted by atomic mass is 10.0. The molecule has 2 aromatic carbocycles. The van der Waals surface area contributed by atoms with Crippen LogP contribution < -0.4 is 10.0 Å². The summed E-state index contributed by atoms with van der Waals surface area (Å²) in [6.07, 6.45) is 0. The van der Waals surface area contributed by atoms with Crippen LogP contribution in [0.3, 0.4) is 0 Å². The first-order valence-corrected chi connectivity index (χ1v) is 9.33. The van der Waals surface area contributed by atoms with E-state index in [-0.39, 0.29) is 10.8 Å². The molecule has 0 radical (unpaired) electrons. The van der Waals surface area contributed by atoms with Crippen LogP contribution in [-0.2, 0) is 14.8 Å². The summed E-state index contributed by atoms with van der Waals surface area (Å²) in [6.45, 7) is 5.34. The third kappa shape index (κ3) is 5.11. The van der Waals surface area contributed by atoms with Gasteiger partial charge in [0.05, 0.1) is 4.90 Å². The molecule has 0 aliphatic heterocycles. The lowest BCUT2D eigenvalue weighted by molar-refractivity contribution is -0.118. The van der Waals surface area contributed by atoms with E-state index in [0.717, 1.165) is 5.56 Å². The maximum atomic E-state index is 12.9. The molecule has 0 unspecified atom stereocenters. The number of amides is 1. The molecule has 0 fully saturated rings. The third-order valence-corrected chi connectivity index (χ3v) is 5.13. The number of aryl methyl sites for hydroxylation is 1. The SMILES string of the molecule is Cc1ccc(S(=O)(=O)N[C@H](C(=O)Nc2ccc(F)cc2)C(C)C)cc1. The van der Waals surface area contributed by atoms with Crippen molar-refractivity contribution in [1.29, 1.82) is 0 Å². The highest BCUT2D eigenvalue weighted by atomic mass is 32.2. The van der Waals surface area contributed by atoms with Gasteiger partial charge in [0.25, 0.3) is 0 Å². The Bertz CT molecular complexity index is 832. The van der Waals surface area contributed by atoms with E-state index in [2.05, 4.69) is 10.0 Å². The summed E-state index contributed by atoms with van der Waals surface area (Å²) in [5.74, 6) is -1.20. The van der Waals surface area contributed by atoms with Crippen molar-refractivity contribution in [3.05, 3.63) is 59.9 Å². The standard InChI is InChI=1S/C18H21FN2O3S/c1-12(2)17(18(22)20-15-8-6-14(19)7-9-15)21-25(23,24)16-10-4-13(3)5-11-16/h4-12,17,21H,1-3H3,(H,20,22)/t17-/m0/s1. The number of halogens is 1.